The lowest BCUT2D eigenvalue weighted by molar-refractivity contribution is -0.137. The molecular formula is C18H23ClN2O3. The molecule has 5 nitrogen and oxygen atoms in total. The summed E-state index contributed by atoms with van der Waals surface area (Å²) in [6, 6.07) is 7.35. The van der Waals surface area contributed by atoms with Gasteiger partial charge in [-0.3, -0.25) is 9.59 Å². The van der Waals surface area contributed by atoms with E-state index >= 15 is 0 Å². The zero-order valence-corrected chi connectivity index (χ0v) is 14.7. The van der Waals surface area contributed by atoms with Gasteiger partial charge in [0.25, 0.3) is 0 Å². The number of nitrogens with zero attached hydrogens (tertiary/aromatic N) is 2. The first-order chi connectivity index (χ1) is 11.6. The van der Waals surface area contributed by atoms with Gasteiger partial charge in [-0.2, -0.15) is 0 Å². The van der Waals surface area contributed by atoms with Crippen LogP contribution in [0, 0.1) is 5.92 Å². The van der Waals surface area contributed by atoms with Crippen molar-refractivity contribution in [1.29, 1.82) is 0 Å². The van der Waals surface area contributed by atoms with Crippen LogP contribution in [-0.4, -0.2) is 53.9 Å². The summed E-state index contributed by atoms with van der Waals surface area (Å²) in [7, 11) is 0. The van der Waals surface area contributed by atoms with E-state index in [4.69, 9.17) is 16.3 Å². The molecule has 0 radical (unpaired) electrons. The predicted octanol–water partition coefficient (Wildman–Crippen LogP) is 2.58. The highest BCUT2D eigenvalue weighted by atomic mass is 35.5. The van der Waals surface area contributed by atoms with E-state index in [1.165, 1.54) is 0 Å². The summed E-state index contributed by atoms with van der Waals surface area (Å²) in [5.74, 6) is 0.844. The summed E-state index contributed by atoms with van der Waals surface area (Å²) in [6.07, 6.45) is 2.10. The van der Waals surface area contributed by atoms with Crippen molar-refractivity contribution in [1.82, 2.24) is 9.80 Å². The molecule has 2 fully saturated rings. The predicted molar refractivity (Wildman–Crippen MR) is 92.0 cm³/mol. The monoisotopic (exact) mass is 350 g/mol. The molecule has 2 aliphatic rings. The van der Waals surface area contributed by atoms with Crippen molar-refractivity contribution >= 4 is 23.4 Å². The van der Waals surface area contributed by atoms with Crippen molar-refractivity contribution in [3.63, 3.8) is 0 Å². The van der Waals surface area contributed by atoms with Crippen molar-refractivity contribution in [2.75, 3.05) is 26.2 Å². The molecular weight excluding hydrogens is 328 g/mol. The topological polar surface area (TPSA) is 49.9 Å². The second-order valence-electron chi connectivity index (χ2n) is 6.43. The van der Waals surface area contributed by atoms with E-state index in [2.05, 4.69) is 0 Å². The average molecular weight is 351 g/mol. The van der Waals surface area contributed by atoms with Gasteiger partial charge in [0.15, 0.2) is 0 Å². The first kappa shape index (κ1) is 17.1. The highest BCUT2D eigenvalue weighted by Gasteiger charge is 2.36. The van der Waals surface area contributed by atoms with E-state index in [0.29, 0.717) is 37.6 Å². The Morgan fingerprint density at radius 1 is 1.25 bits per heavy atom. The maximum absolute atomic E-state index is 12.6. The maximum Gasteiger partial charge on any atom is 0.227 e. The summed E-state index contributed by atoms with van der Waals surface area (Å²) >= 11 is 5.87. The molecule has 0 bridgehead atoms. The average Bonchev–Trinajstić information content (AvgIpc) is 2.98. The van der Waals surface area contributed by atoms with Gasteiger partial charge in [-0.15, -0.1) is 0 Å². The second kappa shape index (κ2) is 7.43. The lowest BCUT2D eigenvalue weighted by Gasteiger charge is -2.33. The van der Waals surface area contributed by atoms with Crippen LogP contribution in [-0.2, 0) is 9.59 Å². The lowest BCUT2D eigenvalue weighted by Crippen LogP contribution is -2.44. The smallest absolute Gasteiger partial charge is 0.227 e. The molecule has 130 valence electrons. The Balaban J connectivity index is 1.49. The molecule has 2 aliphatic heterocycles. The van der Waals surface area contributed by atoms with Crippen LogP contribution in [0.3, 0.4) is 0 Å². The molecule has 0 aromatic heterocycles. The van der Waals surface area contributed by atoms with Gasteiger partial charge in [-0.25, -0.2) is 0 Å². The van der Waals surface area contributed by atoms with Gasteiger partial charge in [0.2, 0.25) is 11.8 Å². The van der Waals surface area contributed by atoms with E-state index in [9.17, 15) is 9.59 Å². The molecule has 1 aromatic rings. The van der Waals surface area contributed by atoms with Gasteiger partial charge >= 0.3 is 0 Å². The number of benzene rings is 1. The van der Waals surface area contributed by atoms with Crippen molar-refractivity contribution in [2.24, 2.45) is 5.92 Å². The van der Waals surface area contributed by atoms with Crippen molar-refractivity contribution < 1.29 is 14.3 Å². The summed E-state index contributed by atoms with van der Waals surface area (Å²) < 4.78 is 5.96. The molecule has 2 heterocycles. The van der Waals surface area contributed by atoms with Crippen LogP contribution in [0.2, 0.25) is 5.02 Å². The third-order valence-electron chi connectivity index (χ3n) is 4.82. The fraction of sp³-hybridized carbons (Fsp3) is 0.556. The SMILES string of the molecule is CCN1CC(C(=O)N2CCC(Oc3ccc(Cl)cc3)CC2)CC1=O. The molecule has 2 amide bonds. The summed E-state index contributed by atoms with van der Waals surface area (Å²) in [5, 5.41) is 0.690. The summed E-state index contributed by atoms with van der Waals surface area (Å²) in [4.78, 5) is 28.1. The number of likely N-dealkylation sites (tertiary alicyclic amines) is 2. The number of hydrogen-bond donors (Lipinski definition) is 0. The van der Waals surface area contributed by atoms with Gasteiger partial charge in [0.05, 0.1) is 5.92 Å². The van der Waals surface area contributed by atoms with E-state index < -0.39 is 0 Å². The van der Waals surface area contributed by atoms with E-state index in [-0.39, 0.29) is 23.8 Å². The molecule has 2 saturated heterocycles. The minimum Gasteiger partial charge on any atom is -0.490 e. The Kier molecular flexibility index (Phi) is 5.29. The summed E-state index contributed by atoms with van der Waals surface area (Å²) in [5.41, 5.74) is 0. The van der Waals surface area contributed by atoms with Gasteiger partial charge in [0, 0.05) is 50.5 Å². The van der Waals surface area contributed by atoms with Crippen LogP contribution in [0.5, 0.6) is 5.75 Å². The number of carbonyl (C=O) groups is 2. The zero-order chi connectivity index (χ0) is 17.1. The molecule has 1 atom stereocenters. The van der Waals surface area contributed by atoms with Crippen LogP contribution in [0.1, 0.15) is 26.2 Å². The highest BCUT2D eigenvalue weighted by molar-refractivity contribution is 6.30. The first-order valence-electron chi connectivity index (χ1n) is 8.55. The van der Waals surface area contributed by atoms with E-state index in [1.54, 1.807) is 4.90 Å². The number of hydrogen-bond acceptors (Lipinski definition) is 3. The van der Waals surface area contributed by atoms with E-state index in [1.807, 2.05) is 36.1 Å². The Morgan fingerprint density at radius 3 is 2.50 bits per heavy atom. The second-order valence-corrected chi connectivity index (χ2v) is 6.87. The molecule has 0 N–H and O–H groups in total. The quantitative estimate of drug-likeness (QED) is 0.838. The third kappa shape index (κ3) is 3.83. The largest absolute Gasteiger partial charge is 0.490 e. The Hall–Kier alpha value is -1.75. The highest BCUT2D eigenvalue weighted by Crippen LogP contribution is 2.24. The third-order valence-corrected chi connectivity index (χ3v) is 5.07. The number of carbonyl (C=O) groups excluding carboxylic acids is 2. The van der Waals surface area contributed by atoms with Gasteiger partial charge in [0.1, 0.15) is 11.9 Å². The normalized spacial score (nSPS) is 22.1. The molecule has 3 rings (SSSR count). The molecule has 0 aliphatic carbocycles. The van der Waals surface area contributed by atoms with Crippen molar-refractivity contribution in [2.45, 2.75) is 32.3 Å². The Morgan fingerprint density at radius 2 is 1.92 bits per heavy atom. The van der Waals surface area contributed by atoms with Gasteiger partial charge < -0.3 is 14.5 Å². The molecule has 6 heteroatoms. The maximum atomic E-state index is 12.6. The van der Waals surface area contributed by atoms with Crippen molar-refractivity contribution in [3.05, 3.63) is 29.3 Å². The lowest BCUT2D eigenvalue weighted by atomic mass is 10.0. The van der Waals surface area contributed by atoms with Crippen LogP contribution in [0.4, 0.5) is 0 Å². The minimum absolute atomic E-state index is 0.0943. The standard InChI is InChI=1S/C18H23ClN2O3/c1-2-20-12-13(11-17(20)22)18(23)21-9-7-16(8-10-21)24-15-5-3-14(19)4-6-15/h3-6,13,16H,2,7-12H2,1H3. The minimum atomic E-state index is -0.175. The van der Waals surface area contributed by atoms with Crippen LogP contribution < -0.4 is 4.74 Å². The number of piperidine rings is 1. The number of halogens is 1. The number of amides is 2. The fourth-order valence-electron chi connectivity index (χ4n) is 3.40. The molecule has 24 heavy (non-hydrogen) atoms. The molecule has 1 unspecified atom stereocenters. The van der Waals surface area contributed by atoms with E-state index in [0.717, 1.165) is 18.6 Å². The molecule has 0 saturated carbocycles. The summed E-state index contributed by atoms with van der Waals surface area (Å²) in [6.45, 7) is 4.57. The fourth-order valence-corrected chi connectivity index (χ4v) is 3.53. The first-order valence-corrected chi connectivity index (χ1v) is 8.93. The number of ether oxygens (including phenoxy) is 1. The molecule has 1 aromatic carbocycles. The van der Waals surface area contributed by atoms with Crippen molar-refractivity contribution in [3.8, 4) is 5.75 Å². The van der Waals surface area contributed by atoms with Gasteiger partial charge in [-0.05, 0) is 31.2 Å². The molecule has 0 spiro atoms. The Bertz CT molecular complexity index is 597. The van der Waals surface area contributed by atoms with Crippen LogP contribution in [0.25, 0.3) is 0 Å². The van der Waals surface area contributed by atoms with Crippen LogP contribution >= 0.6 is 11.6 Å². The zero-order valence-electron chi connectivity index (χ0n) is 13.9. The van der Waals surface area contributed by atoms with Gasteiger partial charge in [-0.1, -0.05) is 11.6 Å². The Labute approximate surface area is 147 Å². The van der Waals surface area contributed by atoms with Crippen LogP contribution in [0.15, 0.2) is 24.3 Å². The number of rotatable bonds is 4.